The first-order chi connectivity index (χ1) is 7.15. The molecule has 1 atom stereocenters. The van der Waals surface area contributed by atoms with Gasteiger partial charge in [-0.2, -0.15) is 0 Å². The Balaban J connectivity index is 2.51. The van der Waals surface area contributed by atoms with Crippen LogP contribution in [0.3, 0.4) is 0 Å². The molecule has 1 fully saturated rings. The van der Waals surface area contributed by atoms with Crippen molar-refractivity contribution in [3.05, 3.63) is 29.3 Å². The maximum atomic E-state index is 13.5. The first-order valence-electron chi connectivity index (χ1n) is 4.69. The van der Waals surface area contributed by atoms with Crippen molar-refractivity contribution in [2.75, 3.05) is 7.11 Å². The number of carbonyl (C=O) groups excluding carboxylic acids is 1. The van der Waals surface area contributed by atoms with Crippen molar-refractivity contribution < 1.29 is 18.3 Å². The minimum absolute atomic E-state index is 0.0576. The van der Waals surface area contributed by atoms with Crippen molar-refractivity contribution in [1.29, 1.82) is 0 Å². The van der Waals surface area contributed by atoms with Gasteiger partial charge in [0.25, 0.3) is 0 Å². The fourth-order valence-electron chi connectivity index (χ4n) is 1.76. The van der Waals surface area contributed by atoms with E-state index in [1.807, 2.05) is 0 Å². The van der Waals surface area contributed by atoms with E-state index in [1.165, 1.54) is 13.2 Å². The highest BCUT2D eigenvalue weighted by atomic mass is 19.2. The number of hydrogen-bond acceptors (Lipinski definition) is 2. The Morgan fingerprint density at radius 1 is 1.40 bits per heavy atom. The van der Waals surface area contributed by atoms with E-state index < -0.39 is 17.6 Å². The van der Waals surface area contributed by atoms with Gasteiger partial charge in [-0.3, -0.25) is 4.79 Å². The van der Waals surface area contributed by atoms with Gasteiger partial charge in [-0.15, -0.1) is 0 Å². The van der Waals surface area contributed by atoms with E-state index >= 15 is 0 Å². The molecule has 0 N–H and O–H groups in total. The topological polar surface area (TPSA) is 26.3 Å². The van der Waals surface area contributed by atoms with Crippen LogP contribution in [-0.4, -0.2) is 12.9 Å². The Bertz CT molecular complexity index is 415. The van der Waals surface area contributed by atoms with Gasteiger partial charge in [-0.05, 0) is 18.6 Å². The summed E-state index contributed by atoms with van der Waals surface area (Å²) in [5.74, 6) is -2.25. The molecule has 0 radical (unpaired) electrons. The fourth-order valence-corrected chi connectivity index (χ4v) is 1.76. The number of carbonyl (C=O) groups is 1. The van der Waals surface area contributed by atoms with Crippen molar-refractivity contribution in [1.82, 2.24) is 0 Å². The van der Waals surface area contributed by atoms with Gasteiger partial charge in [0, 0.05) is 17.9 Å². The summed E-state index contributed by atoms with van der Waals surface area (Å²) in [5.41, 5.74) is 0.0637. The number of methoxy groups -OCH3 is 1. The van der Waals surface area contributed by atoms with Crippen LogP contribution in [0.5, 0.6) is 5.75 Å². The summed E-state index contributed by atoms with van der Waals surface area (Å²) < 4.78 is 31.4. The molecule has 15 heavy (non-hydrogen) atoms. The summed E-state index contributed by atoms with van der Waals surface area (Å²) in [6.07, 6.45) is 0.999. The Morgan fingerprint density at radius 3 is 2.60 bits per heavy atom. The average molecular weight is 212 g/mol. The standard InChI is InChI=1S/C11H10F2O2/c1-15-9-5-3-7(12)11(13)10(9)6-2-4-8(6)14/h3,5-6H,2,4H2,1H3. The van der Waals surface area contributed by atoms with Crippen LogP contribution in [-0.2, 0) is 4.79 Å². The molecule has 0 amide bonds. The number of hydrogen-bond donors (Lipinski definition) is 0. The van der Waals surface area contributed by atoms with Gasteiger partial charge in [0.15, 0.2) is 11.6 Å². The van der Waals surface area contributed by atoms with Crippen LogP contribution in [0.2, 0.25) is 0 Å². The van der Waals surface area contributed by atoms with Crippen LogP contribution in [0.25, 0.3) is 0 Å². The van der Waals surface area contributed by atoms with E-state index in [0.29, 0.717) is 12.8 Å². The molecule has 2 nitrogen and oxygen atoms in total. The highest BCUT2D eigenvalue weighted by Crippen LogP contribution is 2.40. The first-order valence-corrected chi connectivity index (χ1v) is 4.69. The number of ketones is 1. The van der Waals surface area contributed by atoms with Crippen molar-refractivity contribution in [3.8, 4) is 5.75 Å². The Hall–Kier alpha value is -1.45. The van der Waals surface area contributed by atoms with Gasteiger partial charge in [0.1, 0.15) is 11.5 Å². The summed E-state index contributed by atoms with van der Waals surface area (Å²) in [7, 11) is 1.37. The van der Waals surface area contributed by atoms with Gasteiger partial charge >= 0.3 is 0 Å². The highest BCUT2D eigenvalue weighted by molar-refractivity contribution is 5.91. The lowest BCUT2D eigenvalue weighted by atomic mass is 9.78. The maximum absolute atomic E-state index is 13.5. The predicted octanol–water partition coefficient (Wildman–Crippen LogP) is 2.42. The van der Waals surface area contributed by atoms with Gasteiger partial charge in [0.2, 0.25) is 0 Å². The first kappa shape index (κ1) is 10.1. The third-order valence-corrected chi connectivity index (χ3v) is 2.73. The molecule has 0 saturated heterocycles. The summed E-state index contributed by atoms with van der Waals surface area (Å²) >= 11 is 0. The van der Waals surface area contributed by atoms with E-state index in [-0.39, 0.29) is 17.1 Å². The van der Waals surface area contributed by atoms with Crippen LogP contribution in [0.15, 0.2) is 12.1 Å². The van der Waals surface area contributed by atoms with E-state index in [0.717, 1.165) is 6.07 Å². The lowest BCUT2D eigenvalue weighted by molar-refractivity contribution is -0.125. The second kappa shape index (κ2) is 3.61. The van der Waals surface area contributed by atoms with E-state index in [1.54, 1.807) is 0 Å². The molecular weight excluding hydrogens is 202 g/mol. The third-order valence-electron chi connectivity index (χ3n) is 2.73. The van der Waals surface area contributed by atoms with Gasteiger partial charge in [0.05, 0.1) is 7.11 Å². The zero-order valence-corrected chi connectivity index (χ0v) is 8.22. The fraction of sp³-hybridized carbons (Fsp3) is 0.364. The van der Waals surface area contributed by atoms with Crippen molar-refractivity contribution >= 4 is 5.78 Å². The molecular formula is C11H10F2O2. The molecule has 1 aliphatic carbocycles. The molecule has 1 aliphatic rings. The van der Waals surface area contributed by atoms with E-state index in [4.69, 9.17) is 4.74 Å². The molecule has 0 aromatic heterocycles. The summed E-state index contributed by atoms with van der Waals surface area (Å²) in [6, 6.07) is 2.35. The zero-order chi connectivity index (χ0) is 11.0. The second-order valence-electron chi connectivity index (χ2n) is 3.53. The summed E-state index contributed by atoms with van der Waals surface area (Å²) in [6.45, 7) is 0. The minimum atomic E-state index is -0.965. The summed E-state index contributed by atoms with van der Waals surface area (Å²) in [4.78, 5) is 11.2. The largest absolute Gasteiger partial charge is 0.496 e. The van der Waals surface area contributed by atoms with Crippen LogP contribution < -0.4 is 4.74 Å². The van der Waals surface area contributed by atoms with Crippen LogP contribution in [0.4, 0.5) is 8.78 Å². The SMILES string of the molecule is COc1ccc(F)c(F)c1C1CCC1=O. The highest BCUT2D eigenvalue weighted by Gasteiger charge is 2.35. The Labute approximate surface area is 85.9 Å². The molecule has 0 aliphatic heterocycles. The second-order valence-corrected chi connectivity index (χ2v) is 3.53. The van der Waals surface area contributed by atoms with Gasteiger partial charge in [-0.25, -0.2) is 8.78 Å². The van der Waals surface area contributed by atoms with Crippen molar-refractivity contribution in [2.45, 2.75) is 18.8 Å². The molecule has 1 aromatic carbocycles. The smallest absolute Gasteiger partial charge is 0.166 e. The molecule has 0 bridgehead atoms. The monoisotopic (exact) mass is 212 g/mol. The number of Topliss-reactive ketones (excluding diaryl/α,β-unsaturated/α-hetero) is 1. The normalized spacial score (nSPS) is 19.9. The Kier molecular flexibility index (Phi) is 2.42. The quantitative estimate of drug-likeness (QED) is 0.752. The van der Waals surface area contributed by atoms with E-state index in [2.05, 4.69) is 0 Å². The van der Waals surface area contributed by atoms with Gasteiger partial charge in [-0.1, -0.05) is 0 Å². The molecule has 1 saturated carbocycles. The molecule has 80 valence electrons. The zero-order valence-electron chi connectivity index (χ0n) is 8.22. The molecule has 0 heterocycles. The molecule has 1 unspecified atom stereocenters. The lowest BCUT2D eigenvalue weighted by Crippen LogP contribution is -2.25. The van der Waals surface area contributed by atoms with Crippen molar-refractivity contribution in [3.63, 3.8) is 0 Å². The lowest BCUT2D eigenvalue weighted by Gasteiger charge is -2.26. The number of benzene rings is 1. The van der Waals surface area contributed by atoms with E-state index in [9.17, 15) is 13.6 Å². The maximum Gasteiger partial charge on any atom is 0.166 e. The number of ether oxygens (including phenoxy) is 1. The van der Waals surface area contributed by atoms with Crippen LogP contribution in [0, 0.1) is 11.6 Å². The number of halogens is 2. The Morgan fingerprint density at radius 2 is 2.13 bits per heavy atom. The molecule has 0 spiro atoms. The molecule has 2 rings (SSSR count). The van der Waals surface area contributed by atoms with Crippen molar-refractivity contribution in [2.24, 2.45) is 0 Å². The average Bonchev–Trinajstić information content (AvgIpc) is 2.23. The molecule has 1 aromatic rings. The van der Waals surface area contributed by atoms with Crippen LogP contribution in [0.1, 0.15) is 24.3 Å². The van der Waals surface area contributed by atoms with Crippen LogP contribution >= 0.6 is 0 Å². The minimum Gasteiger partial charge on any atom is -0.496 e. The number of rotatable bonds is 2. The van der Waals surface area contributed by atoms with Gasteiger partial charge < -0.3 is 4.74 Å². The predicted molar refractivity (Wildman–Crippen MR) is 49.9 cm³/mol. The summed E-state index contributed by atoms with van der Waals surface area (Å²) in [5, 5.41) is 0. The third kappa shape index (κ3) is 1.50. The molecule has 4 heteroatoms.